The molecule has 0 nitrogen and oxygen atoms in total. The van der Waals surface area contributed by atoms with E-state index >= 15 is 0 Å². The van der Waals surface area contributed by atoms with Gasteiger partial charge in [-0.05, 0) is 43.1 Å². The molecule has 0 saturated heterocycles. The third-order valence-electron chi connectivity index (χ3n) is 3.14. The SMILES string of the molecule is C#CC=C1CCC(C(C)(C)C)CC1. The summed E-state index contributed by atoms with van der Waals surface area (Å²) in [6.45, 7) is 7.02. The maximum Gasteiger partial charge on any atom is -0.0130 e. The van der Waals surface area contributed by atoms with Crippen molar-refractivity contribution in [3.63, 3.8) is 0 Å². The first-order valence-corrected chi connectivity index (χ1v) is 5.18. The van der Waals surface area contributed by atoms with Crippen LogP contribution in [0.2, 0.25) is 0 Å². The predicted molar refractivity (Wildman–Crippen MR) is 58.3 cm³/mol. The minimum absolute atomic E-state index is 0.474. The zero-order chi connectivity index (χ0) is 9.90. The first kappa shape index (κ1) is 10.4. The molecule has 0 aromatic rings. The van der Waals surface area contributed by atoms with E-state index in [0.717, 1.165) is 5.92 Å². The van der Waals surface area contributed by atoms with Gasteiger partial charge in [-0.25, -0.2) is 0 Å². The average molecular weight is 176 g/mol. The summed E-state index contributed by atoms with van der Waals surface area (Å²) >= 11 is 0. The van der Waals surface area contributed by atoms with Crippen molar-refractivity contribution in [2.75, 3.05) is 0 Å². The van der Waals surface area contributed by atoms with E-state index in [9.17, 15) is 0 Å². The van der Waals surface area contributed by atoms with Crippen molar-refractivity contribution in [1.82, 2.24) is 0 Å². The van der Waals surface area contributed by atoms with Crippen LogP contribution >= 0.6 is 0 Å². The van der Waals surface area contributed by atoms with Crippen molar-refractivity contribution in [1.29, 1.82) is 0 Å². The molecule has 72 valence electrons. The van der Waals surface area contributed by atoms with Gasteiger partial charge in [0.15, 0.2) is 0 Å². The van der Waals surface area contributed by atoms with E-state index in [-0.39, 0.29) is 0 Å². The highest BCUT2D eigenvalue weighted by Crippen LogP contribution is 2.39. The van der Waals surface area contributed by atoms with Crippen LogP contribution in [0.5, 0.6) is 0 Å². The highest BCUT2D eigenvalue weighted by Gasteiger charge is 2.27. The van der Waals surface area contributed by atoms with Gasteiger partial charge in [0.1, 0.15) is 0 Å². The fraction of sp³-hybridized carbons (Fsp3) is 0.692. The Morgan fingerprint density at radius 1 is 1.31 bits per heavy atom. The van der Waals surface area contributed by atoms with Crippen molar-refractivity contribution in [2.45, 2.75) is 46.5 Å². The van der Waals surface area contributed by atoms with Crippen LogP contribution in [-0.2, 0) is 0 Å². The molecule has 0 aromatic carbocycles. The molecule has 0 spiro atoms. The summed E-state index contributed by atoms with van der Waals surface area (Å²) in [6.07, 6.45) is 12.3. The highest BCUT2D eigenvalue weighted by atomic mass is 14.3. The van der Waals surface area contributed by atoms with Crippen molar-refractivity contribution >= 4 is 0 Å². The highest BCUT2D eigenvalue weighted by molar-refractivity contribution is 5.18. The summed E-state index contributed by atoms with van der Waals surface area (Å²) in [5.41, 5.74) is 1.95. The third kappa shape index (κ3) is 2.92. The summed E-state index contributed by atoms with van der Waals surface area (Å²) in [5.74, 6) is 3.51. The van der Waals surface area contributed by atoms with Crippen LogP contribution in [0, 0.1) is 23.7 Å². The van der Waals surface area contributed by atoms with Crippen molar-refractivity contribution in [3.05, 3.63) is 11.6 Å². The van der Waals surface area contributed by atoms with E-state index in [0.29, 0.717) is 5.41 Å². The number of allylic oxidation sites excluding steroid dienone is 2. The molecular formula is C13H20. The Labute approximate surface area is 82.4 Å². The van der Waals surface area contributed by atoms with Gasteiger partial charge in [0.25, 0.3) is 0 Å². The minimum Gasteiger partial charge on any atom is -0.115 e. The Morgan fingerprint density at radius 3 is 2.23 bits per heavy atom. The van der Waals surface area contributed by atoms with Gasteiger partial charge < -0.3 is 0 Å². The van der Waals surface area contributed by atoms with Crippen LogP contribution in [0.4, 0.5) is 0 Å². The number of hydrogen-bond donors (Lipinski definition) is 0. The molecule has 0 atom stereocenters. The molecule has 0 heterocycles. The molecule has 1 aliphatic rings. The fourth-order valence-electron chi connectivity index (χ4n) is 2.12. The summed E-state index contributed by atoms with van der Waals surface area (Å²) in [7, 11) is 0. The molecule has 13 heavy (non-hydrogen) atoms. The summed E-state index contributed by atoms with van der Waals surface area (Å²) in [6, 6.07) is 0. The molecule has 0 N–H and O–H groups in total. The Kier molecular flexibility index (Phi) is 3.20. The van der Waals surface area contributed by atoms with E-state index in [2.05, 4.69) is 26.7 Å². The lowest BCUT2D eigenvalue weighted by Gasteiger charge is -2.34. The topological polar surface area (TPSA) is 0 Å². The van der Waals surface area contributed by atoms with Crippen LogP contribution in [0.1, 0.15) is 46.5 Å². The van der Waals surface area contributed by atoms with Crippen molar-refractivity contribution in [2.24, 2.45) is 11.3 Å². The lowest BCUT2D eigenvalue weighted by atomic mass is 9.71. The Hall–Kier alpha value is -0.700. The molecule has 0 bridgehead atoms. The molecule has 0 amide bonds. The smallest absolute Gasteiger partial charge is 0.0130 e. The average Bonchev–Trinajstić information content (AvgIpc) is 2.04. The number of hydrogen-bond acceptors (Lipinski definition) is 0. The van der Waals surface area contributed by atoms with Crippen molar-refractivity contribution < 1.29 is 0 Å². The first-order chi connectivity index (χ1) is 6.04. The van der Waals surface area contributed by atoms with Crippen LogP contribution in [0.25, 0.3) is 0 Å². The zero-order valence-corrected chi connectivity index (χ0v) is 9.06. The van der Waals surface area contributed by atoms with Gasteiger partial charge in [0, 0.05) is 0 Å². The number of terminal acetylenes is 1. The molecule has 1 saturated carbocycles. The zero-order valence-electron chi connectivity index (χ0n) is 9.06. The lowest BCUT2D eigenvalue weighted by Crippen LogP contribution is -2.23. The Bertz CT molecular complexity index is 222. The molecule has 1 aliphatic carbocycles. The summed E-state index contributed by atoms with van der Waals surface area (Å²) < 4.78 is 0. The van der Waals surface area contributed by atoms with Crippen LogP contribution in [0.15, 0.2) is 11.6 Å². The normalized spacial score (nSPS) is 23.8. The van der Waals surface area contributed by atoms with Crippen LogP contribution in [-0.4, -0.2) is 0 Å². The number of rotatable bonds is 0. The lowest BCUT2D eigenvalue weighted by molar-refractivity contribution is 0.197. The van der Waals surface area contributed by atoms with Gasteiger partial charge in [-0.15, -0.1) is 6.42 Å². The summed E-state index contributed by atoms with van der Waals surface area (Å²) in [5, 5.41) is 0. The van der Waals surface area contributed by atoms with Gasteiger partial charge in [0.05, 0.1) is 0 Å². The standard InChI is InChI=1S/C13H20/c1-5-6-11-7-9-12(10-8-11)13(2,3)4/h1,6,12H,7-10H2,2-4H3. The molecule has 0 aromatic heterocycles. The Morgan fingerprint density at radius 2 is 1.85 bits per heavy atom. The third-order valence-corrected chi connectivity index (χ3v) is 3.14. The van der Waals surface area contributed by atoms with E-state index in [1.807, 2.05) is 6.08 Å². The molecule has 0 radical (unpaired) electrons. The van der Waals surface area contributed by atoms with E-state index in [4.69, 9.17) is 6.42 Å². The van der Waals surface area contributed by atoms with Gasteiger partial charge in [0.2, 0.25) is 0 Å². The molecule has 0 aliphatic heterocycles. The van der Waals surface area contributed by atoms with Crippen LogP contribution in [0.3, 0.4) is 0 Å². The Balaban J connectivity index is 2.49. The second kappa shape index (κ2) is 4.01. The molecule has 0 heteroatoms. The van der Waals surface area contributed by atoms with Crippen molar-refractivity contribution in [3.8, 4) is 12.3 Å². The van der Waals surface area contributed by atoms with Gasteiger partial charge in [-0.2, -0.15) is 0 Å². The molecule has 1 fully saturated rings. The van der Waals surface area contributed by atoms with Crippen LogP contribution < -0.4 is 0 Å². The predicted octanol–water partition coefficient (Wildman–Crippen LogP) is 3.78. The minimum atomic E-state index is 0.474. The maximum absolute atomic E-state index is 5.25. The molecule has 1 rings (SSSR count). The monoisotopic (exact) mass is 176 g/mol. The van der Waals surface area contributed by atoms with Gasteiger partial charge >= 0.3 is 0 Å². The first-order valence-electron chi connectivity index (χ1n) is 5.18. The molecular weight excluding hydrogens is 156 g/mol. The molecule has 0 unspecified atom stereocenters. The van der Waals surface area contributed by atoms with E-state index < -0.39 is 0 Å². The summed E-state index contributed by atoms with van der Waals surface area (Å²) in [4.78, 5) is 0. The second-order valence-corrected chi connectivity index (χ2v) is 5.11. The van der Waals surface area contributed by atoms with E-state index in [1.54, 1.807) is 0 Å². The quantitative estimate of drug-likeness (QED) is 0.493. The largest absolute Gasteiger partial charge is 0.115 e. The van der Waals surface area contributed by atoms with E-state index in [1.165, 1.54) is 31.3 Å². The maximum atomic E-state index is 5.25. The van der Waals surface area contributed by atoms with Gasteiger partial charge in [-0.1, -0.05) is 32.3 Å². The fourth-order valence-corrected chi connectivity index (χ4v) is 2.12. The van der Waals surface area contributed by atoms with Gasteiger partial charge in [-0.3, -0.25) is 0 Å². The second-order valence-electron chi connectivity index (χ2n) is 5.11.